The van der Waals surface area contributed by atoms with Crippen LogP contribution >= 0.6 is 0 Å². The van der Waals surface area contributed by atoms with Crippen LogP contribution in [0.1, 0.15) is 22.3 Å². The molecule has 3 N–H and O–H groups in total. The van der Waals surface area contributed by atoms with Crippen molar-refractivity contribution in [3.05, 3.63) is 57.8 Å². The molecule has 0 unspecified atom stereocenters. The van der Waals surface area contributed by atoms with Crippen LogP contribution in [0.2, 0.25) is 0 Å². The zero-order valence-electron chi connectivity index (χ0n) is 13.8. The van der Waals surface area contributed by atoms with Crippen LogP contribution in [-0.4, -0.2) is 34.8 Å². The summed E-state index contributed by atoms with van der Waals surface area (Å²) in [5.74, 6) is -1.01. The van der Waals surface area contributed by atoms with Crippen molar-refractivity contribution in [1.29, 1.82) is 0 Å². The summed E-state index contributed by atoms with van der Waals surface area (Å²) in [5.41, 5.74) is 6.76. The van der Waals surface area contributed by atoms with Gasteiger partial charge in [0.05, 0.1) is 17.0 Å². The lowest BCUT2D eigenvalue weighted by molar-refractivity contribution is -0.385. The second-order valence-electron chi connectivity index (χ2n) is 5.84. The topological polar surface area (TPSA) is 131 Å². The molecule has 2 heterocycles. The second kappa shape index (κ2) is 7.18. The molecule has 3 rings (SSSR count). The van der Waals surface area contributed by atoms with Gasteiger partial charge in [0.25, 0.3) is 11.6 Å². The molecule has 2 amide bonds. The number of nitro groups is 1. The Balaban J connectivity index is 1.76. The molecule has 9 heteroatoms. The van der Waals surface area contributed by atoms with Crippen molar-refractivity contribution >= 4 is 29.0 Å². The number of primary amides is 1. The summed E-state index contributed by atoms with van der Waals surface area (Å²) in [7, 11) is 0. The van der Waals surface area contributed by atoms with Crippen LogP contribution in [0.25, 0.3) is 0 Å². The summed E-state index contributed by atoms with van der Waals surface area (Å²) in [4.78, 5) is 39.8. The Bertz CT molecular complexity index is 883. The molecular formula is C17H17N5O4. The Kier molecular flexibility index (Phi) is 4.78. The third-order valence-electron chi connectivity index (χ3n) is 4.17. The lowest BCUT2D eigenvalue weighted by Crippen LogP contribution is -2.39. The average molecular weight is 355 g/mol. The number of nitrogens with zero attached hydrogens (tertiary/aromatic N) is 3. The number of nitrogens with two attached hydrogens (primary N) is 1. The van der Waals surface area contributed by atoms with Crippen molar-refractivity contribution in [2.45, 2.75) is 12.8 Å². The van der Waals surface area contributed by atoms with Gasteiger partial charge in [-0.05, 0) is 24.5 Å². The first kappa shape index (κ1) is 17.3. The van der Waals surface area contributed by atoms with E-state index in [-0.39, 0.29) is 29.5 Å². The third kappa shape index (κ3) is 3.46. The van der Waals surface area contributed by atoms with Crippen molar-refractivity contribution < 1.29 is 14.5 Å². The SMILES string of the molecule is NC(=O)c1cc([N+](=O)[O-])cnc1NCC(=O)N1CCCc2ccccc21. The molecule has 1 aliphatic rings. The largest absolute Gasteiger partial charge is 0.365 e. The number of rotatable bonds is 5. The fourth-order valence-corrected chi connectivity index (χ4v) is 2.93. The van der Waals surface area contributed by atoms with Gasteiger partial charge in [-0.25, -0.2) is 4.98 Å². The van der Waals surface area contributed by atoms with Crippen molar-refractivity contribution in [3.8, 4) is 0 Å². The number of carbonyl (C=O) groups is 2. The maximum Gasteiger partial charge on any atom is 0.288 e. The molecule has 1 aromatic heterocycles. The smallest absolute Gasteiger partial charge is 0.288 e. The van der Waals surface area contributed by atoms with Crippen molar-refractivity contribution in [3.63, 3.8) is 0 Å². The molecule has 1 aliphatic heterocycles. The Morgan fingerprint density at radius 1 is 1.35 bits per heavy atom. The highest BCUT2D eigenvalue weighted by molar-refractivity contribution is 6.00. The van der Waals surface area contributed by atoms with E-state index >= 15 is 0 Å². The van der Waals surface area contributed by atoms with Crippen molar-refractivity contribution in [2.24, 2.45) is 5.73 Å². The standard InChI is InChI=1S/C17H17N5O4/c18-16(24)13-8-12(22(25)26)9-19-17(13)20-10-15(23)21-7-3-5-11-4-1-2-6-14(11)21/h1-2,4,6,8-9H,3,5,7,10H2,(H2,18,24)(H,19,20). The zero-order valence-corrected chi connectivity index (χ0v) is 13.8. The highest BCUT2D eigenvalue weighted by Gasteiger charge is 2.23. The first-order valence-electron chi connectivity index (χ1n) is 8.03. The summed E-state index contributed by atoms with van der Waals surface area (Å²) >= 11 is 0. The average Bonchev–Trinajstić information content (AvgIpc) is 2.65. The molecule has 134 valence electrons. The molecule has 0 fully saturated rings. The summed E-state index contributed by atoms with van der Waals surface area (Å²) in [6, 6.07) is 8.74. The van der Waals surface area contributed by atoms with Gasteiger partial charge >= 0.3 is 0 Å². The molecule has 0 saturated heterocycles. The molecular weight excluding hydrogens is 338 g/mol. The number of aryl methyl sites for hydroxylation is 1. The number of hydrogen-bond acceptors (Lipinski definition) is 6. The Morgan fingerprint density at radius 2 is 2.12 bits per heavy atom. The minimum atomic E-state index is -0.862. The van der Waals surface area contributed by atoms with E-state index in [1.807, 2.05) is 24.3 Å². The lowest BCUT2D eigenvalue weighted by atomic mass is 10.0. The number of para-hydroxylation sites is 1. The summed E-state index contributed by atoms with van der Waals surface area (Å²) in [6.07, 6.45) is 2.80. The highest BCUT2D eigenvalue weighted by Crippen LogP contribution is 2.27. The Morgan fingerprint density at radius 3 is 2.85 bits per heavy atom. The number of anilines is 2. The van der Waals surface area contributed by atoms with E-state index in [9.17, 15) is 19.7 Å². The van der Waals surface area contributed by atoms with E-state index in [0.717, 1.165) is 36.4 Å². The van der Waals surface area contributed by atoms with Gasteiger partial charge in [0.2, 0.25) is 5.91 Å². The van der Waals surface area contributed by atoms with E-state index in [4.69, 9.17) is 5.73 Å². The number of pyridine rings is 1. The van der Waals surface area contributed by atoms with E-state index in [0.29, 0.717) is 6.54 Å². The molecule has 1 aromatic carbocycles. The Labute approximate surface area is 149 Å². The first-order chi connectivity index (χ1) is 12.5. The van der Waals surface area contributed by atoms with Crippen LogP contribution in [0.4, 0.5) is 17.2 Å². The van der Waals surface area contributed by atoms with E-state index in [1.54, 1.807) is 4.90 Å². The van der Waals surface area contributed by atoms with Crippen LogP contribution in [0.3, 0.4) is 0 Å². The van der Waals surface area contributed by atoms with Gasteiger partial charge in [0.15, 0.2) is 0 Å². The van der Waals surface area contributed by atoms with Gasteiger partial charge < -0.3 is 16.0 Å². The summed E-state index contributed by atoms with van der Waals surface area (Å²) < 4.78 is 0. The fraction of sp³-hybridized carbons (Fsp3) is 0.235. The highest BCUT2D eigenvalue weighted by atomic mass is 16.6. The van der Waals surface area contributed by atoms with Crippen molar-refractivity contribution in [2.75, 3.05) is 23.3 Å². The van der Waals surface area contributed by atoms with E-state index in [1.165, 1.54) is 0 Å². The molecule has 9 nitrogen and oxygen atoms in total. The third-order valence-corrected chi connectivity index (χ3v) is 4.17. The molecule has 0 aliphatic carbocycles. The first-order valence-corrected chi connectivity index (χ1v) is 8.03. The van der Waals surface area contributed by atoms with Gasteiger partial charge in [-0.15, -0.1) is 0 Å². The van der Waals surface area contributed by atoms with Gasteiger partial charge in [-0.3, -0.25) is 19.7 Å². The second-order valence-corrected chi connectivity index (χ2v) is 5.84. The molecule has 2 aromatic rings. The number of hydrogen-bond donors (Lipinski definition) is 2. The minimum Gasteiger partial charge on any atom is -0.365 e. The normalized spacial score (nSPS) is 13.0. The zero-order chi connectivity index (χ0) is 18.7. The quantitative estimate of drug-likeness (QED) is 0.617. The number of aromatic nitrogens is 1. The number of carbonyl (C=O) groups excluding carboxylic acids is 2. The Hall–Kier alpha value is -3.49. The molecule has 0 atom stereocenters. The molecule has 0 radical (unpaired) electrons. The van der Waals surface area contributed by atoms with Crippen LogP contribution in [-0.2, 0) is 11.2 Å². The number of benzene rings is 1. The summed E-state index contributed by atoms with van der Waals surface area (Å²) in [6.45, 7) is 0.493. The van der Waals surface area contributed by atoms with Gasteiger partial charge in [0, 0.05) is 18.3 Å². The van der Waals surface area contributed by atoms with E-state index in [2.05, 4.69) is 10.3 Å². The molecule has 0 saturated carbocycles. The van der Waals surface area contributed by atoms with Crippen LogP contribution in [0.15, 0.2) is 36.5 Å². The summed E-state index contributed by atoms with van der Waals surface area (Å²) in [5, 5.41) is 13.6. The van der Waals surface area contributed by atoms with Crippen LogP contribution < -0.4 is 16.0 Å². The van der Waals surface area contributed by atoms with Gasteiger partial charge in [-0.2, -0.15) is 0 Å². The van der Waals surface area contributed by atoms with Crippen molar-refractivity contribution in [1.82, 2.24) is 4.98 Å². The predicted octanol–water partition coefficient (Wildman–Crippen LogP) is 1.48. The monoisotopic (exact) mass is 355 g/mol. The maximum atomic E-state index is 12.6. The van der Waals surface area contributed by atoms with E-state index < -0.39 is 10.8 Å². The molecule has 0 spiro atoms. The minimum absolute atomic E-state index is 0.0433. The molecule has 26 heavy (non-hydrogen) atoms. The van der Waals surface area contributed by atoms with Gasteiger partial charge in [-0.1, -0.05) is 18.2 Å². The van der Waals surface area contributed by atoms with Gasteiger partial charge in [0.1, 0.15) is 12.0 Å². The lowest BCUT2D eigenvalue weighted by Gasteiger charge is -2.29. The van der Waals surface area contributed by atoms with Crippen LogP contribution in [0.5, 0.6) is 0 Å². The number of amides is 2. The fourth-order valence-electron chi connectivity index (χ4n) is 2.93. The van der Waals surface area contributed by atoms with Crippen LogP contribution in [0, 0.1) is 10.1 Å². The molecule has 0 bridgehead atoms. The number of nitrogens with one attached hydrogen (secondary N) is 1. The maximum absolute atomic E-state index is 12.6. The predicted molar refractivity (Wildman–Crippen MR) is 95.0 cm³/mol. The number of fused-ring (bicyclic) bond motifs is 1.